The molecule has 1 atom stereocenters. The predicted octanol–water partition coefficient (Wildman–Crippen LogP) is 5.72. The summed E-state index contributed by atoms with van der Waals surface area (Å²) in [6.45, 7) is 4.34. The molecule has 2 aromatic rings. The number of benzodiazepines with no additional fused rings is 1. The second-order valence-corrected chi connectivity index (χ2v) is 8.86. The monoisotopic (exact) mass is 447 g/mol. The van der Waals surface area contributed by atoms with E-state index in [9.17, 15) is 9.59 Å². The normalized spacial score (nSPS) is 15.8. The first kappa shape index (κ1) is 24.7. The summed E-state index contributed by atoms with van der Waals surface area (Å²) in [4.78, 5) is 33.1. The lowest BCUT2D eigenvalue weighted by molar-refractivity contribution is -0.130. The van der Waals surface area contributed by atoms with E-state index in [2.05, 4.69) is 19.2 Å². The maximum Gasteiger partial charge on any atom is 0.272 e. The number of benzene rings is 2. The standard InChI is InChI=1S/C28H37N3O2/c1-4-6-9-17-22(18-10-7-5-2)27(32)30-26-28(33)31(3)24-20-14-13-19-23(24)25(29-26)21-15-11-8-12-16-21/h8,11-16,19-20,22,26H,4-7,9-10,17-18H2,1-3H3,(H,30,32)/t26-/m1/s1. The van der Waals surface area contributed by atoms with Crippen LogP contribution in [0.5, 0.6) is 0 Å². The smallest absolute Gasteiger partial charge is 0.272 e. The third-order valence-electron chi connectivity index (χ3n) is 6.35. The highest BCUT2D eigenvalue weighted by Crippen LogP contribution is 2.27. The molecule has 1 aliphatic heterocycles. The molecule has 2 aromatic carbocycles. The van der Waals surface area contributed by atoms with Crippen molar-refractivity contribution < 1.29 is 9.59 Å². The SMILES string of the molecule is CCCCCC(CCCCC)C(=O)N[C@H]1N=C(c2ccccc2)c2ccccc2N(C)C1=O. The molecule has 1 aliphatic rings. The lowest BCUT2D eigenvalue weighted by atomic mass is 9.94. The Morgan fingerprint density at radius 2 is 1.55 bits per heavy atom. The molecule has 0 radical (unpaired) electrons. The average Bonchev–Trinajstić information content (AvgIpc) is 2.94. The van der Waals surface area contributed by atoms with Gasteiger partial charge in [-0.05, 0) is 18.9 Å². The molecular weight excluding hydrogens is 410 g/mol. The van der Waals surface area contributed by atoms with Crippen LogP contribution < -0.4 is 10.2 Å². The maximum atomic E-state index is 13.4. The molecule has 3 rings (SSSR count). The van der Waals surface area contributed by atoms with Crippen molar-refractivity contribution in [2.45, 2.75) is 71.4 Å². The van der Waals surface area contributed by atoms with E-state index >= 15 is 0 Å². The number of amides is 2. The van der Waals surface area contributed by atoms with Gasteiger partial charge in [0.1, 0.15) is 0 Å². The number of nitrogens with one attached hydrogen (secondary N) is 1. The summed E-state index contributed by atoms with van der Waals surface area (Å²) in [5.74, 6) is -0.360. The first-order valence-corrected chi connectivity index (χ1v) is 12.4. The fourth-order valence-electron chi connectivity index (χ4n) is 4.38. The summed E-state index contributed by atoms with van der Waals surface area (Å²) >= 11 is 0. The maximum absolute atomic E-state index is 13.4. The number of likely N-dealkylation sites (N-methyl/N-ethyl adjacent to an activating group) is 1. The van der Waals surface area contributed by atoms with Crippen molar-refractivity contribution in [3.63, 3.8) is 0 Å². The van der Waals surface area contributed by atoms with Crippen LogP contribution in [0.4, 0.5) is 5.69 Å². The second kappa shape index (κ2) is 12.3. The van der Waals surface area contributed by atoms with E-state index in [1.165, 1.54) is 0 Å². The molecule has 0 spiro atoms. The molecule has 33 heavy (non-hydrogen) atoms. The van der Waals surface area contributed by atoms with Crippen molar-refractivity contribution in [1.29, 1.82) is 0 Å². The molecule has 0 unspecified atom stereocenters. The molecule has 2 amide bonds. The molecule has 0 saturated heterocycles. The summed E-state index contributed by atoms with van der Waals surface area (Å²) in [6.07, 6.45) is 7.32. The molecule has 1 heterocycles. The topological polar surface area (TPSA) is 61.8 Å². The Kier molecular flexibility index (Phi) is 9.23. The molecule has 0 fully saturated rings. The molecular formula is C28H37N3O2. The number of carbonyl (C=O) groups excluding carboxylic acids is 2. The summed E-state index contributed by atoms with van der Waals surface area (Å²) < 4.78 is 0. The number of anilines is 1. The summed E-state index contributed by atoms with van der Waals surface area (Å²) in [5, 5.41) is 3.01. The third kappa shape index (κ3) is 6.31. The van der Waals surface area contributed by atoms with Crippen LogP contribution in [0, 0.1) is 5.92 Å². The van der Waals surface area contributed by atoms with Crippen molar-refractivity contribution in [1.82, 2.24) is 5.32 Å². The second-order valence-electron chi connectivity index (χ2n) is 8.86. The van der Waals surface area contributed by atoms with Crippen molar-refractivity contribution in [3.8, 4) is 0 Å². The summed E-state index contributed by atoms with van der Waals surface area (Å²) in [6, 6.07) is 17.6. The number of para-hydroxylation sites is 1. The minimum Gasteiger partial charge on any atom is -0.326 e. The van der Waals surface area contributed by atoms with Crippen LogP contribution in [0.15, 0.2) is 59.6 Å². The number of fused-ring (bicyclic) bond motifs is 1. The lowest BCUT2D eigenvalue weighted by Gasteiger charge is -2.23. The zero-order valence-corrected chi connectivity index (χ0v) is 20.2. The highest BCUT2D eigenvalue weighted by molar-refractivity contribution is 6.20. The Morgan fingerprint density at radius 3 is 2.18 bits per heavy atom. The van der Waals surface area contributed by atoms with Crippen LogP contribution >= 0.6 is 0 Å². The number of unbranched alkanes of at least 4 members (excludes halogenated alkanes) is 4. The van der Waals surface area contributed by atoms with Gasteiger partial charge in [-0.25, -0.2) is 4.99 Å². The zero-order chi connectivity index (χ0) is 23.6. The van der Waals surface area contributed by atoms with Crippen LogP contribution in [0.1, 0.15) is 76.3 Å². The first-order chi connectivity index (χ1) is 16.1. The number of hydrogen-bond donors (Lipinski definition) is 1. The molecule has 5 heteroatoms. The highest BCUT2D eigenvalue weighted by Gasteiger charge is 2.32. The predicted molar refractivity (Wildman–Crippen MR) is 136 cm³/mol. The van der Waals surface area contributed by atoms with Gasteiger partial charge in [0.25, 0.3) is 5.91 Å². The number of carbonyl (C=O) groups is 2. The Hall–Kier alpha value is -2.95. The zero-order valence-electron chi connectivity index (χ0n) is 20.2. The molecule has 0 saturated carbocycles. The highest BCUT2D eigenvalue weighted by atomic mass is 16.2. The fourth-order valence-corrected chi connectivity index (χ4v) is 4.38. The Balaban J connectivity index is 1.90. The van der Waals surface area contributed by atoms with Crippen molar-refractivity contribution in [3.05, 3.63) is 65.7 Å². The number of rotatable bonds is 11. The van der Waals surface area contributed by atoms with Crippen molar-refractivity contribution in [2.24, 2.45) is 10.9 Å². The summed E-state index contributed by atoms with van der Waals surface area (Å²) in [5.41, 5.74) is 3.33. The number of hydrogen-bond acceptors (Lipinski definition) is 3. The summed E-state index contributed by atoms with van der Waals surface area (Å²) in [7, 11) is 1.75. The Labute approximate surface area is 198 Å². The van der Waals surface area contributed by atoms with E-state index in [0.717, 1.165) is 73.9 Å². The van der Waals surface area contributed by atoms with Crippen LogP contribution in [0.3, 0.4) is 0 Å². The van der Waals surface area contributed by atoms with Crippen LogP contribution in [0.25, 0.3) is 0 Å². The van der Waals surface area contributed by atoms with E-state index in [-0.39, 0.29) is 17.7 Å². The quantitative estimate of drug-likeness (QED) is 0.448. The van der Waals surface area contributed by atoms with E-state index in [1.807, 2.05) is 54.6 Å². The molecule has 176 valence electrons. The van der Waals surface area contributed by atoms with Crippen LogP contribution in [0.2, 0.25) is 0 Å². The van der Waals surface area contributed by atoms with E-state index in [1.54, 1.807) is 11.9 Å². The van der Waals surface area contributed by atoms with Gasteiger partial charge in [-0.3, -0.25) is 9.59 Å². The first-order valence-electron chi connectivity index (χ1n) is 12.4. The minimum atomic E-state index is -0.940. The van der Waals surface area contributed by atoms with Gasteiger partial charge in [0.2, 0.25) is 12.1 Å². The minimum absolute atomic E-state index is 0.0592. The van der Waals surface area contributed by atoms with Crippen molar-refractivity contribution >= 4 is 23.2 Å². The lowest BCUT2D eigenvalue weighted by Crippen LogP contribution is -2.47. The van der Waals surface area contributed by atoms with E-state index in [0.29, 0.717) is 0 Å². The van der Waals surface area contributed by atoms with Crippen molar-refractivity contribution in [2.75, 3.05) is 11.9 Å². The Morgan fingerprint density at radius 1 is 0.939 bits per heavy atom. The van der Waals surface area contributed by atoms with Gasteiger partial charge in [-0.1, -0.05) is 101 Å². The van der Waals surface area contributed by atoms with Gasteiger partial charge in [-0.2, -0.15) is 0 Å². The number of nitrogens with zero attached hydrogens (tertiary/aromatic N) is 2. The van der Waals surface area contributed by atoms with Gasteiger partial charge >= 0.3 is 0 Å². The van der Waals surface area contributed by atoms with Gasteiger partial charge in [-0.15, -0.1) is 0 Å². The molecule has 1 N–H and O–H groups in total. The molecule has 0 aliphatic carbocycles. The molecule has 0 bridgehead atoms. The van der Waals surface area contributed by atoms with Gasteiger partial charge in [0.05, 0.1) is 11.4 Å². The van der Waals surface area contributed by atoms with E-state index in [4.69, 9.17) is 4.99 Å². The van der Waals surface area contributed by atoms with Gasteiger partial charge < -0.3 is 10.2 Å². The van der Waals surface area contributed by atoms with Gasteiger partial charge in [0, 0.05) is 24.1 Å². The van der Waals surface area contributed by atoms with Crippen LogP contribution in [-0.4, -0.2) is 30.7 Å². The molecule has 5 nitrogen and oxygen atoms in total. The third-order valence-corrected chi connectivity index (χ3v) is 6.35. The number of aliphatic imine (C=N–C) groups is 1. The molecule has 0 aromatic heterocycles. The Bertz CT molecular complexity index is 945. The average molecular weight is 448 g/mol. The van der Waals surface area contributed by atoms with E-state index < -0.39 is 6.17 Å². The van der Waals surface area contributed by atoms with Crippen LogP contribution in [-0.2, 0) is 9.59 Å². The van der Waals surface area contributed by atoms with Gasteiger partial charge in [0.15, 0.2) is 0 Å². The largest absolute Gasteiger partial charge is 0.326 e. The fraction of sp³-hybridized carbons (Fsp3) is 0.464.